The highest BCUT2D eigenvalue weighted by atomic mass is 16.5. The first-order chi connectivity index (χ1) is 11.2. The zero-order chi connectivity index (χ0) is 16.2. The minimum Gasteiger partial charge on any atom is -0.373 e. The molecule has 3 heterocycles. The number of ether oxygens (including phenoxy) is 1. The fraction of sp³-hybridized carbons (Fsp3) is 0.400. The van der Waals surface area contributed by atoms with Crippen LogP contribution in [0.3, 0.4) is 0 Å². The van der Waals surface area contributed by atoms with Crippen molar-refractivity contribution in [3.63, 3.8) is 0 Å². The molecule has 0 radical (unpaired) electrons. The van der Waals surface area contributed by atoms with E-state index in [1.807, 2.05) is 13.0 Å². The number of nitrogens with one attached hydrogen (secondary N) is 1. The van der Waals surface area contributed by atoms with Crippen LogP contribution >= 0.6 is 0 Å². The molecule has 1 fully saturated rings. The molecule has 1 atom stereocenters. The normalized spacial score (nSPS) is 17.8. The molecule has 1 N–H and O–H groups in total. The van der Waals surface area contributed by atoms with Gasteiger partial charge < -0.3 is 15.0 Å². The van der Waals surface area contributed by atoms with Crippen LogP contribution in [0, 0.1) is 6.92 Å². The molecule has 8 nitrogen and oxygen atoms in total. The molecular formula is C15H18N6O2. The van der Waals surface area contributed by atoms with Crippen LogP contribution in [0.5, 0.6) is 0 Å². The number of aromatic nitrogens is 4. The predicted molar refractivity (Wildman–Crippen MR) is 82.9 cm³/mol. The van der Waals surface area contributed by atoms with E-state index in [2.05, 4.69) is 25.3 Å². The Kier molecular flexibility index (Phi) is 4.42. The fourth-order valence-corrected chi connectivity index (χ4v) is 2.47. The van der Waals surface area contributed by atoms with Gasteiger partial charge in [-0.1, -0.05) is 0 Å². The number of aryl methyl sites for hydroxylation is 1. The van der Waals surface area contributed by atoms with E-state index in [4.69, 9.17) is 4.74 Å². The topological polar surface area (TPSA) is 93.1 Å². The number of amides is 1. The maximum atomic E-state index is 12.5. The standard InChI is InChI=1S/C15H18N6O2/c1-10-19-11(7-14(16-2)20-10)13-9-21(5-6-23-13)15(22)12-8-17-3-4-18-12/h3-4,7-8,13H,5-6,9H2,1-2H3,(H,16,19,20)/t13-/m0/s1. The second-order valence-electron chi connectivity index (χ2n) is 5.18. The van der Waals surface area contributed by atoms with Crippen molar-refractivity contribution in [2.75, 3.05) is 32.1 Å². The third-order valence-corrected chi connectivity index (χ3v) is 3.58. The molecule has 120 valence electrons. The fourth-order valence-electron chi connectivity index (χ4n) is 2.47. The Labute approximate surface area is 134 Å². The van der Waals surface area contributed by atoms with Crippen molar-refractivity contribution in [3.05, 3.63) is 41.9 Å². The van der Waals surface area contributed by atoms with Gasteiger partial charge in [0.1, 0.15) is 23.4 Å². The third-order valence-electron chi connectivity index (χ3n) is 3.58. The largest absolute Gasteiger partial charge is 0.373 e. The molecule has 1 saturated heterocycles. The van der Waals surface area contributed by atoms with Gasteiger partial charge in [-0.2, -0.15) is 0 Å². The lowest BCUT2D eigenvalue weighted by molar-refractivity contribution is -0.0250. The van der Waals surface area contributed by atoms with Gasteiger partial charge in [0, 0.05) is 32.1 Å². The van der Waals surface area contributed by atoms with Crippen molar-refractivity contribution in [2.24, 2.45) is 0 Å². The van der Waals surface area contributed by atoms with E-state index in [9.17, 15) is 4.79 Å². The van der Waals surface area contributed by atoms with Crippen molar-refractivity contribution >= 4 is 11.7 Å². The summed E-state index contributed by atoms with van der Waals surface area (Å²) in [5.41, 5.74) is 1.10. The Morgan fingerprint density at radius 1 is 1.39 bits per heavy atom. The lowest BCUT2D eigenvalue weighted by Gasteiger charge is -2.32. The SMILES string of the molecule is CNc1cc([C@@H]2CN(C(=O)c3cnccn3)CCO2)nc(C)n1. The first-order valence-corrected chi connectivity index (χ1v) is 7.37. The van der Waals surface area contributed by atoms with E-state index in [1.54, 1.807) is 18.1 Å². The number of morpholine rings is 1. The van der Waals surface area contributed by atoms with Crippen LogP contribution in [0.2, 0.25) is 0 Å². The summed E-state index contributed by atoms with van der Waals surface area (Å²) in [7, 11) is 1.80. The van der Waals surface area contributed by atoms with Gasteiger partial charge >= 0.3 is 0 Å². The van der Waals surface area contributed by atoms with Gasteiger partial charge in [0.2, 0.25) is 0 Å². The van der Waals surface area contributed by atoms with Crippen molar-refractivity contribution in [1.29, 1.82) is 0 Å². The highest BCUT2D eigenvalue weighted by molar-refractivity contribution is 5.92. The highest BCUT2D eigenvalue weighted by Gasteiger charge is 2.28. The molecule has 1 aliphatic rings. The Hall–Kier alpha value is -2.61. The summed E-state index contributed by atoms with van der Waals surface area (Å²) >= 11 is 0. The molecule has 0 aromatic carbocycles. The maximum absolute atomic E-state index is 12.5. The minimum atomic E-state index is -0.279. The second kappa shape index (κ2) is 6.66. The van der Waals surface area contributed by atoms with Gasteiger partial charge in [0.15, 0.2) is 0 Å². The van der Waals surface area contributed by atoms with Crippen LogP contribution in [0.25, 0.3) is 0 Å². The first kappa shape index (κ1) is 15.3. The molecule has 1 amide bonds. The summed E-state index contributed by atoms with van der Waals surface area (Å²) in [6.45, 7) is 3.23. The van der Waals surface area contributed by atoms with Gasteiger partial charge in [0.05, 0.1) is 25.0 Å². The average Bonchev–Trinajstić information content (AvgIpc) is 2.61. The summed E-state index contributed by atoms with van der Waals surface area (Å²) in [5, 5.41) is 3.00. The number of hydrogen-bond donors (Lipinski definition) is 1. The molecule has 2 aromatic rings. The molecule has 0 bridgehead atoms. The van der Waals surface area contributed by atoms with Crippen LogP contribution in [-0.2, 0) is 4.74 Å². The molecule has 3 rings (SSSR count). The van der Waals surface area contributed by atoms with Gasteiger partial charge in [0.25, 0.3) is 5.91 Å². The zero-order valence-corrected chi connectivity index (χ0v) is 13.1. The molecule has 2 aromatic heterocycles. The molecule has 0 aliphatic carbocycles. The number of carbonyl (C=O) groups excluding carboxylic acids is 1. The van der Waals surface area contributed by atoms with Crippen molar-refractivity contribution < 1.29 is 9.53 Å². The predicted octanol–water partition coefficient (Wildman–Crippen LogP) is 0.830. The molecular weight excluding hydrogens is 296 g/mol. The van der Waals surface area contributed by atoms with Gasteiger partial charge in [-0.3, -0.25) is 9.78 Å². The summed E-state index contributed by atoms with van der Waals surface area (Å²) in [4.78, 5) is 30.9. The minimum absolute atomic E-state index is 0.147. The Morgan fingerprint density at radius 3 is 3.00 bits per heavy atom. The van der Waals surface area contributed by atoms with Gasteiger partial charge in [-0.15, -0.1) is 0 Å². The Morgan fingerprint density at radius 2 is 2.26 bits per heavy atom. The summed E-state index contributed by atoms with van der Waals surface area (Å²) in [6, 6.07) is 1.84. The van der Waals surface area contributed by atoms with E-state index in [0.717, 1.165) is 11.5 Å². The van der Waals surface area contributed by atoms with Crippen LogP contribution in [0.1, 0.15) is 28.1 Å². The van der Waals surface area contributed by atoms with Crippen LogP contribution < -0.4 is 5.32 Å². The smallest absolute Gasteiger partial charge is 0.274 e. The van der Waals surface area contributed by atoms with Crippen molar-refractivity contribution in [1.82, 2.24) is 24.8 Å². The highest BCUT2D eigenvalue weighted by Crippen LogP contribution is 2.23. The monoisotopic (exact) mass is 314 g/mol. The van der Waals surface area contributed by atoms with Crippen LogP contribution in [0.4, 0.5) is 5.82 Å². The number of rotatable bonds is 3. The van der Waals surface area contributed by atoms with Crippen LogP contribution in [0.15, 0.2) is 24.7 Å². The first-order valence-electron chi connectivity index (χ1n) is 7.37. The van der Waals surface area contributed by atoms with Crippen LogP contribution in [-0.4, -0.2) is 57.5 Å². The maximum Gasteiger partial charge on any atom is 0.274 e. The van der Waals surface area contributed by atoms with Gasteiger partial charge in [-0.25, -0.2) is 15.0 Å². The summed E-state index contributed by atoms with van der Waals surface area (Å²) in [6.07, 6.45) is 4.25. The summed E-state index contributed by atoms with van der Waals surface area (Å²) < 4.78 is 5.79. The molecule has 0 unspecified atom stereocenters. The zero-order valence-electron chi connectivity index (χ0n) is 13.1. The van der Waals surface area contributed by atoms with E-state index in [1.165, 1.54) is 12.4 Å². The lowest BCUT2D eigenvalue weighted by atomic mass is 10.2. The molecule has 23 heavy (non-hydrogen) atoms. The van der Waals surface area contributed by atoms with E-state index < -0.39 is 0 Å². The van der Waals surface area contributed by atoms with E-state index >= 15 is 0 Å². The van der Waals surface area contributed by atoms with Crippen molar-refractivity contribution in [3.8, 4) is 0 Å². The number of hydrogen-bond acceptors (Lipinski definition) is 7. The molecule has 0 saturated carbocycles. The number of anilines is 1. The summed E-state index contributed by atoms with van der Waals surface area (Å²) in [5.74, 6) is 1.24. The quantitative estimate of drug-likeness (QED) is 0.897. The average molecular weight is 314 g/mol. The number of nitrogens with zero attached hydrogens (tertiary/aromatic N) is 5. The number of carbonyl (C=O) groups is 1. The molecule has 8 heteroatoms. The molecule has 1 aliphatic heterocycles. The Bertz CT molecular complexity index is 694. The van der Waals surface area contributed by atoms with Gasteiger partial charge in [-0.05, 0) is 6.92 Å². The van der Waals surface area contributed by atoms with E-state index in [0.29, 0.717) is 31.2 Å². The second-order valence-corrected chi connectivity index (χ2v) is 5.18. The third kappa shape index (κ3) is 3.42. The lowest BCUT2D eigenvalue weighted by Crippen LogP contribution is -2.42. The van der Waals surface area contributed by atoms with Crippen molar-refractivity contribution in [2.45, 2.75) is 13.0 Å². The molecule has 0 spiro atoms. The Balaban J connectivity index is 1.78. The van der Waals surface area contributed by atoms with E-state index in [-0.39, 0.29) is 12.0 Å².